The zero-order valence-corrected chi connectivity index (χ0v) is 46.5. The Morgan fingerprint density at radius 1 is 0.600 bits per heavy atom. The minimum atomic E-state index is -1.34. The summed E-state index contributed by atoms with van der Waals surface area (Å²) in [6, 6.07) is 23.1. The first-order valence-corrected chi connectivity index (χ1v) is 29.3. The highest BCUT2D eigenvalue weighted by Crippen LogP contribution is 2.25. The number of nitrogens with two attached hydrogens (primary N) is 3. The minimum Gasteiger partial charge on any atom is -0.361 e. The van der Waals surface area contributed by atoms with Crippen molar-refractivity contribution >= 4 is 90.5 Å². The first-order valence-electron chi connectivity index (χ1n) is 26.9. The van der Waals surface area contributed by atoms with E-state index in [1.54, 1.807) is 50.5 Å². The Kier molecular flexibility index (Phi) is 22.3. The van der Waals surface area contributed by atoms with E-state index < -0.39 is 101 Å². The van der Waals surface area contributed by atoms with E-state index in [2.05, 4.69) is 47.2 Å². The third-order valence-corrected chi connectivity index (χ3v) is 16.4. The van der Waals surface area contributed by atoms with Crippen molar-refractivity contribution in [3.8, 4) is 0 Å². The normalized spacial score (nSPS) is 20.9. The van der Waals surface area contributed by atoms with Crippen molar-refractivity contribution in [2.24, 2.45) is 23.1 Å². The summed E-state index contributed by atoms with van der Waals surface area (Å²) >= 11 is 0. The van der Waals surface area contributed by atoms with E-state index in [0.717, 1.165) is 54.5 Å². The summed E-state index contributed by atoms with van der Waals surface area (Å²) in [6.07, 6.45) is 4.66. The van der Waals surface area contributed by atoms with Crippen LogP contribution in [0.4, 0.5) is 0 Å². The van der Waals surface area contributed by atoms with E-state index in [9.17, 15) is 38.4 Å². The molecular weight excluding hydrogens is 1060 g/mol. The van der Waals surface area contributed by atoms with Crippen molar-refractivity contribution < 1.29 is 38.4 Å². The fraction of sp³-hybridized carbons (Fsp3) is 0.379. The van der Waals surface area contributed by atoms with E-state index in [4.69, 9.17) is 17.2 Å². The Balaban J connectivity index is 1.25. The quantitative estimate of drug-likeness (QED) is 0.0410. The van der Waals surface area contributed by atoms with Crippen LogP contribution in [-0.4, -0.2) is 130 Å². The number of hydrogen-bond donors (Lipinski definition) is 12. The Labute approximate surface area is 472 Å². The standard InChI is InChI=1S/C58H72N12O8S2/c1-34(2)51-58(78)69-49(56(76)65-45(50(71)29-60)27-37-30-62-42-21-11-9-19-39(37)42)33-80-79-32-48(68-52(72)41(61)25-35-15-5-3-6-16-35)57(77)66-46(26-36-17-7-4-8-18-36)54(74)67-47(28-38-31-63-43-22-12-10-20-40(38)43)55(75)64-44(53(73)70-51)23-13-14-24-59/h3-12,15-22,30-31,34,41,44-49,51,62-63H,13-14,23-29,32-33,59-61H2,1-2H3,(H,64,75)(H,65,76)(H,66,77)(H,67,74)(H,68,72)(H,69,78)(H,70,73)/t41-,44+,45-,46+,47-,48+,49+,51+/m1/s1. The number of Topliss-reactive ketones (excluding diaryl/α,β-unsaturated/α-hetero) is 1. The Hall–Kier alpha value is -7.50. The van der Waals surface area contributed by atoms with E-state index in [0.29, 0.717) is 30.5 Å². The van der Waals surface area contributed by atoms with Gasteiger partial charge in [-0.25, -0.2) is 0 Å². The minimum absolute atomic E-state index is 0.0267. The molecule has 1 aliphatic heterocycles. The van der Waals surface area contributed by atoms with Crippen molar-refractivity contribution in [1.82, 2.24) is 47.2 Å². The molecule has 2 aromatic heterocycles. The van der Waals surface area contributed by atoms with Gasteiger partial charge >= 0.3 is 0 Å². The van der Waals surface area contributed by atoms with Gasteiger partial charge in [-0.05, 0) is 72.5 Å². The number of ketones is 1. The summed E-state index contributed by atoms with van der Waals surface area (Å²) in [5.41, 5.74) is 22.7. The fourth-order valence-electron chi connectivity index (χ4n) is 9.44. The summed E-state index contributed by atoms with van der Waals surface area (Å²) in [6.45, 7) is 3.34. The second kappa shape index (κ2) is 29.6. The van der Waals surface area contributed by atoms with Crippen LogP contribution in [0.2, 0.25) is 0 Å². The zero-order chi connectivity index (χ0) is 57.1. The number of carbonyl (C=O) groups is 8. The van der Waals surface area contributed by atoms with Gasteiger partial charge in [0.15, 0.2) is 5.78 Å². The highest BCUT2D eigenvalue weighted by Gasteiger charge is 2.36. The van der Waals surface area contributed by atoms with Gasteiger partial charge in [0.2, 0.25) is 41.4 Å². The molecule has 4 aromatic carbocycles. The van der Waals surface area contributed by atoms with Crippen LogP contribution in [0.25, 0.3) is 21.8 Å². The molecule has 8 atom stereocenters. The molecule has 0 bridgehead atoms. The third-order valence-electron chi connectivity index (χ3n) is 13.9. The lowest BCUT2D eigenvalue weighted by atomic mass is 9.99. The van der Waals surface area contributed by atoms with Crippen molar-refractivity contribution in [3.63, 3.8) is 0 Å². The Morgan fingerprint density at radius 2 is 1.15 bits per heavy atom. The molecule has 7 rings (SSSR count). The van der Waals surface area contributed by atoms with Crippen molar-refractivity contribution in [2.75, 3.05) is 24.6 Å². The largest absolute Gasteiger partial charge is 0.361 e. The number of amides is 7. The molecule has 1 aliphatic rings. The molecule has 80 heavy (non-hydrogen) atoms. The highest BCUT2D eigenvalue weighted by molar-refractivity contribution is 8.76. The maximum absolute atomic E-state index is 14.9. The van der Waals surface area contributed by atoms with Gasteiger partial charge in [0.05, 0.1) is 18.6 Å². The molecule has 7 amide bonds. The number of H-pyrrole nitrogens is 2. The summed E-state index contributed by atoms with van der Waals surface area (Å²) in [5, 5.41) is 21.5. The number of benzene rings is 4. The van der Waals surface area contributed by atoms with Gasteiger partial charge in [0.1, 0.15) is 36.3 Å². The fourth-order valence-corrected chi connectivity index (χ4v) is 11.8. The van der Waals surface area contributed by atoms with Gasteiger partial charge in [-0.3, -0.25) is 38.4 Å². The Bertz CT molecular complexity index is 3080. The van der Waals surface area contributed by atoms with Crippen LogP contribution in [-0.2, 0) is 64.0 Å². The van der Waals surface area contributed by atoms with Gasteiger partial charge in [0, 0.05) is 65.0 Å². The molecule has 15 N–H and O–H groups in total. The van der Waals surface area contributed by atoms with E-state index in [1.807, 2.05) is 84.9 Å². The van der Waals surface area contributed by atoms with Crippen molar-refractivity contribution in [1.29, 1.82) is 0 Å². The molecule has 0 saturated carbocycles. The third kappa shape index (κ3) is 16.8. The second-order valence-corrected chi connectivity index (χ2v) is 22.8. The predicted octanol–water partition coefficient (Wildman–Crippen LogP) is 2.35. The maximum Gasteiger partial charge on any atom is 0.244 e. The molecule has 3 heterocycles. The molecule has 22 heteroatoms. The average molecular weight is 1130 g/mol. The second-order valence-electron chi connectivity index (χ2n) is 20.2. The number of aromatic nitrogens is 2. The van der Waals surface area contributed by atoms with Crippen LogP contribution in [0.3, 0.4) is 0 Å². The topological polar surface area (TPSA) is 330 Å². The zero-order valence-electron chi connectivity index (χ0n) is 44.8. The molecule has 0 spiro atoms. The van der Waals surface area contributed by atoms with Gasteiger partial charge < -0.3 is 64.4 Å². The van der Waals surface area contributed by atoms with Crippen LogP contribution in [0.5, 0.6) is 0 Å². The molecule has 424 valence electrons. The predicted molar refractivity (Wildman–Crippen MR) is 313 cm³/mol. The van der Waals surface area contributed by atoms with Crippen LogP contribution >= 0.6 is 21.6 Å². The lowest BCUT2D eigenvalue weighted by Gasteiger charge is -2.29. The van der Waals surface area contributed by atoms with Crippen LogP contribution in [0.1, 0.15) is 55.4 Å². The summed E-state index contributed by atoms with van der Waals surface area (Å²) < 4.78 is 0. The van der Waals surface area contributed by atoms with E-state index >= 15 is 0 Å². The number of hydrogen-bond acceptors (Lipinski definition) is 13. The molecule has 6 aromatic rings. The lowest BCUT2D eigenvalue weighted by molar-refractivity contribution is -0.136. The summed E-state index contributed by atoms with van der Waals surface area (Å²) in [4.78, 5) is 122. The van der Waals surface area contributed by atoms with Crippen molar-refractivity contribution in [3.05, 3.63) is 144 Å². The summed E-state index contributed by atoms with van der Waals surface area (Å²) in [5.74, 6) is -6.28. The van der Waals surface area contributed by atoms with E-state index in [-0.39, 0.29) is 50.2 Å². The monoisotopic (exact) mass is 1130 g/mol. The maximum atomic E-state index is 14.9. The van der Waals surface area contributed by atoms with Crippen LogP contribution in [0.15, 0.2) is 122 Å². The number of unbranched alkanes of at least 4 members (excludes halogenated alkanes) is 1. The number of aromatic amines is 2. The molecule has 1 fully saturated rings. The number of rotatable bonds is 19. The SMILES string of the molecule is CC(C)[C@@H]1NC(=O)[C@H](CCCCN)NC(=O)[C@@H](Cc2c[nH]c3ccccc23)NC(=O)[C@H](Cc2ccccc2)NC(=O)[C@@H](NC(=O)[C@H](N)Cc2ccccc2)CSSC[C@@H](C(=O)N[C@H](Cc2c[nH]c3ccccc23)C(=O)CN)NC1=O. The van der Waals surface area contributed by atoms with Crippen LogP contribution < -0.4 is 54.4 Å². The molecule has 1 saturated heterocycles. The van der Waals surface area contributed by atoms with Crippen molar-refractivity contribution in [2.45, 2.75) is 107 Å². The van der Waals surface area contributed by atoms with Gasteiger partial charge in [-0.1, -0.05) is 132 Å². The molecule has 0 aliphatic carbocycles. The van der Waals surface area contributed by atoms with Crippen LogP contribution in [0, 0.1) is 5.92 Å². The number of fused-ring (bicyclic) bond motifs is 2. The summed E-state index contributed by atoms with van der Waals surface area (Å²) in [7, 11) is 2.20. The first-order chi connectivity index (χ1) is 38.6. The van der Waals surface area contributed by atoms with Gasteiger partial charge in [0.25, 0.3) is 0 Å². The molecule has 0 unspecified atom stereocenters. The van der Waals surface area contributed by atoms with Gasteiger partial charge in [-0.15, -0.1) is 0 Å². The molecule has 0 radical (unpaired) electrons. The smallest absolute Gasteiger partial charge is 0.244 e. The Morgan fingerprint density at radius 3 is 1.79 bits per heavy atom. The van der Waals surface area contributed by atoms with E-state index in [1.165, 1.54) is 0 Å². The lowest BCUT2D eigenvalue weighted by Crippen LogP contribution is -2.61. The molecule has 20 nitrogen and oxygen atoms in total. The number of carbonyl (C=O) groups excluding carboxylic acids is 8. The average Bonchev–Trinajstić information content (AvgIpc) is 4.08. The number of nitrogens with one attached hydrogen (secondary N) is 9. The highest BCUT2D eigenvalue weighted by atomic mass is 33.1. The first kappa shape index (κ1) is 60.1. The molecular formula is C58H72N12O8S2. The number of para-hydroxylation sites is 2. The van der Waals surface area contributed by atoms with Gasteiger partial charge in [-0.2, -0.15) is 0 Å².